The predicted molar refractivity (Wildman–Crippen MR) is 110 cm³/mol. The molecule has 1 heterocycles. The maximum absolute atomic E-state index is 12.6. The Kier molecular flexibility index (Phi) is 6.45. The van der Waals surface area contributed by atoms with E-state index in [-0.39, 0.29) is 11.2 Å². The first-order valence-electron chi connectivity index (χ1n) is 9.05. The van der Waals surface area contributed by atoms with Gasteiger partial charge in [0.15, 0.2) is 5.16 Å². The molecular weight excluding hydrogens is 370 g/mol. The van der Waals surface area contributed by atoms with Crippen LogP contribution in [0.5, 0.6) is 0 Å². The monoisotopic (exact) mass is 391 g/mol. The molecule has 6 nitrogen and oxygen atoms in total. The quantitative estimate of drug-likeness (QED) is 0.618. The molecule has 1 atom stereocenters. The zero-order valence-electron chi connectivity index (χ0n) is 15.8. The van der Waals surface area contributed by atoms with Crippen molar-refractivity contribution in [3.05, 3.63) is 71.5 Å². The Hall–Kier alpha value is -3.11. The Balaban J connectivity index is 1.70. The minimum Gasteiger partial charge on any atom is -0.324 e. The van der Waals surface area contributed by atoms with Gasteiger partial charge < -0.3 is 9.88 Å². The first-order valence-corrected chi connectivity index (χ1v) is 9.93. The zero-order chi connectivity index (χ0) is 19.9. The van der Waals surface area contributed by atoms with Crippen molar-refractivity contribution in [3.8, 4) is 6.07 Å². The van der Waals surface area contributed by atoms with Crippen LogP contribution in [0.4, 0.5) is 5.69 Å². The van der Waals surface area contributed by atoms with E-state index in [2.05, 4.69) is 33.7 Å². The van der Waals surface area contributed by atoms with Gasteiger partial charge in [0.2, 0.25) is 5.91 Å². The van der Waals surface area contributed by atoms with E-state index in [1.165, 1.54) is 17.3 Å². The van der Waals surface area contributed by atoms with Crippen LogP contribution in [0.1, 0.15) is 30.8 Å². The van der Waals surface area contributed by atoms with E-state index in [0.29, 0.717) is 22.8 Å². The third kappa shape index (κ3) is 4.59. The lowest BCUT2D eigenvalue weighted by Crippen LogP contribution is -2.23. The van der Waals surface area contributed by atoms with E-state index >= 15 is 0 Å². The fourth-order valence-electron chi connectivity index (χ4n) is 2.77. The Morgan fingerprint density at radius 3 is 2.61 bits per heavy atom. The van der Waals surface area contributed by atoms with Crippen molar-refractivity contribution in [2.75, 3.05) is 5.32 Å². The van der Waals surface area contributed by atoms with Crippen molar-refractivity contribution >= 4 is 23.4 Å². The maximum atomic E-state index is 12.6. The van der Waals surface area contributed by atoms with Crippen LogP contribution in [0.25, 0.3) is 0 Å². The van der Waals surface area contributed by atoms with Gasteiger partial charge in [0.05, 0.1) is 16.5 Å². The van der Waals surface area contributed by atoms with Gasteiger partial charge in [0, 0.05) is 13.0 Å². The molecule has 28 heavy (non-hydrogen) atoms. The summed E-state index contributed by atoms with van der Waals surface area (Å²) in [6, 6.07) is 19.2. The Bertz CT molecular complexity index is 994. The van der Waals surface area contributed by atoms with Crippen molar-refractivity contribution in [2.24, 2.45) is 0 Å². The highest BCUT2D eigenvalue weighted by Gasteiger charge is 2.20. The normalized spacial score (nSPS) is 11.6. The van der Waals surface area contributed by atoms with Gasteiger partial charge in [-0.2, -0.15) is 5.26 Å². The van der Waals surface area contributed by atoms with Crippen molar-refractivity contribution < 1.29 is 4.79 Å². The molecule has 0 radical (unpaired) electrons. The summed E-state index contributed by atoms with van der Waals surface area (Å²) in [6.45, 7) is 4.58. The SMILES string of the molecule is CCn1c(Cc2ccccc2)nnc1SC(C)C(=O)Nc1ccccc1C#N. The number of thioether (sulfide) groups is 1. The number of aromatic nitrogens is 3. The van der Waals surface area contributed by atoms with E-state index in [4.69, 9.17) is 5.26 Å². The first kappa shape index (κ1) is 19.6. The molecule has 7 heteroatoms. The third-order valence-corrected chi connectivity index (χ3v) is 5.35. The average Bonchev–Trinajstić information content (AvgIpc) is 3.10. The molecule has 2 aromatic carbocycles. The molecule has 0 aliphatic heterocycles. The molecule has 142 valence electrons. The lowest BCUT2D eigenvalue weighted by molar-refractivity contribution is -0.115. The van der Waals surface area contributed by atoms with E-state index in [1.54, 1.807) is 24.3 Å². The predicted octanol–water partition coefficient (Wildman–Crippen LogP) is 3.88. The molecule has 3 aromatic rings. The molecule has 1 N–H and O–H groups in total. The smallest absolute Gasteiger partial charge is 0.237 e. The van der Waals surface area contributed by atoms with Crippen molar-refractivity contribution in [1.82, 2.24) is 14.8 Å². The number of hydrogen-bond acceptors (Lipinski definition) is 5. The van der Waals surface area contributed by atoms with Gasteiger partial charge in [0.25, 0.3) is 0 Å². The molecule has 1 unspecified atom stereocenters. The lowest BCUT2D eigenvalue weighted by Gasteiger charge is -2.13. The number of rotatable bonds is 7. The third-order valence-electron chi connectivity index (χ3n) is 4.27. The number of amides is 1. The highest BCUT2D eigenvalue weighted by molar-refractivity contribution is 8.00. The summed E-state index contributed by atoms with van der Waals surface area (Å²) in [6.07, 6.45) is 0.693. The van der Waals surface area contributed by atoms with E-state index in [1.807, 2.05) is 36.6 Å². The Morgan fingerprint density at radius 2 is 1.89 bits per heavy atom. The van der Waals surface area contributed by atoms with Gasteiger partial charge >= 0.3 is 0 Å². The first-order chi connectivity index (χ1) is 13.6. The maximum Gasteiger partial charge on any atom is 0.237 e. The van der Waals surface area contributed by atoms with Gasteiger partial charge in [-0.15, -0.1) is 10.2 Å². The number of carbonyl (C=O) groups excluding carboxylic acids is 1. The fourth-order valence-corrected chi connectivity index (χ4v) is 3.70. The summed E-state index contributed by atoms with van der Waals surface area (Å²) in [5.74, 6) is 0.696. The number of nitriles is 1. The zero-order valence-corrected chi connectivity index (χ0v) is 16.6. The minimum atomic E-state index is -0.383. The minimum absolute atomic E-state index is 0.178. The van der Waals surface area contributed by atoms with Gasteiger partial charge in [-0.3, -0.25) is 4.79 Å². The second-order valence-corrected chi connectivity index (χ2v) is 7.52. The van der Waals surface area contributed by atoms with Crippen molar-refractivity contribution in [3.63, 3.8) is 0 Å². The van der Waals surface area contributed by atoms with E-state index < -0.39 is 0 Å². The largest absolute Gasteiger partial charge is 0.324 e. The number of hydrogen-bond donors (Lipinski definition) is 1. The molecule has 1 aromatic heterocycles. The molecule has 0 saturated heterocycles. The molecule has 0 aliphatic carbocycles. The highest BCUT2D eigenvalue weighted by Crippen LogP contribution is 2.25. The van der Waals surface area contributed by atoms with Crippen LogP contribution in [0.2, 0.25) is 0 Å². The highest BCUT2D eigenvalue weighted by atomic mass is 32.2. The van der Waals surface area contributed by atoms with Crippen LogP contribution in [0, 0.1) is 11.3 Å². The summed E-state index contributed by atoms with van der Waals surface area (Å²) in [7, 11) is 0. The molecule has 0 fully saturated rings. The van der Waals surface area contributed by atoms with E-state index in [0.717, 1.165) is 12.4 Å². The van der Waals surface area contributed by atoms with Crippen LogP contribution in [0.15, 0.2) is 59.8 Å². The van der Waals surface area contributed by atoms with Crippen LogP contribution < -0.4 is 5.32 Å². The molecule has 0 spiro atoms. The second-order valence-electron chi connectivity index (χ2n) is 6.21. The molecule has 0 aliphatic rings. The molecule has 0 saturated carbocycles. The standard InChI is InChI=1S/C21H21N5OS/c1-3-26-19(13-16-9-5-4-6-10-16)24-25-21(26)28-15(2)20(27)23-18-12-8-7-11-17(18)14-22/h4-12,15H,3,13H2,1-2H3,(H,23,27). The number of benzene rings is 2. The Labute approximate surface area is 168 Å². The number of anilines is 1. The van der Waals surface area contributed by atoms with Gasteiger partial charge in [-0.1, -0.05) is 54.2 Å². The molecule has 0 bridgehead atoms. The van der Waals surface area contributed by atoms with Crippen LogP contribution >= 0.6 is 11.8 Å². The van der Waals surface area contributed by atoms with Crippen LogP contribution in [-0.2, 0) is 17.8 Å². The summed E-state index contributed by atoms with van der Waals surface area (Å²) >= 11 is 1.36. The summed E-state index contributed by atoms with van der Waals surface area (Å²) in [5, 5.41) is 20.9. The molecule has 3 rings (SSSR count). The fraction of sp³-hybridized carbons (Fsp3) is 0.238. The molecular formula is C21H21N5OS. The molecule has 1 amide bonds. The summed E-state index contributed by atoms with van der Waals surface area (Å²) < 4.78 is 2.03. The van der Waals surface area contributed by atoms with Crippen LogP contribution in [0.3, 0.4) is 0 Å². The average molecular weight is 392 g/mol. The van der Waals surface area contributed by atoms with Gasteiger partial charge in [-0.05, 0) is 31.5 Å². The van der Waals surface area contributed by atoms with Crippen molar-refractivity contribution in [2.45, 2.75) is 37.2 Å². The number of nitrogens with zero attached hydrogens (tertiary/aromatic N) is 4. The summed E-state index contributed by atoms with van der Waals surface area (Å²) in [4.78, 5) is 12.6. The van der Waals surface area contributed by atoms with Crippen molar-refractivity contribution in [1.29, 1.82) is 5.26 Å². The van der Waals surface area contributed by atoms with Gasteiger partial charge in [0.1, 0.15) is 11.9 Å². The number of para-hydroxylation sites is 1. The second kappa shape index (κ2) is 9.20. The lowest BCUT2D eigenvalue weighted by atomic mass is 10.1. The number of nitrogens with one attached hydrogen (secondary N) is 1. The topological polar surface area (TPSA) is 83.6 Å². The Morgan fingerprint density at radius 1 is 1.18 bits per heavy atom. The van der Waals surface area contributed by atoms with E-state index in [9.17, 15) is 4.79 Å². The van der Waals surface area contributed by atoms with Crippen LogP contribution in [-0.4, -0.2) is 25.9 Å². The van der Waals surface area contributed by atoms with Gasteiger partial charge in [-0.25, -0.2) is 0 Å². The number of carbonyl (C=O) groups is 1. The summed E-state index contributed by atoms with van der Waals surface area (Å²) in [5.41, 5.74) is 2.12.